The van der Waals surface area contributed by atoms with Gasteiger partial charge in [0.25, 0.3) is 0 Å². The van der Waals surface area contributed by atoms with E-state index in [2.05, 4.69) is 9.72 Å². The maximum atomic E-state index is 12.1. The van der Waals surface area contributed by atoms with E-state index in [1.807, 2.05) is 0 Å². The van der Waals surface area contributed by atoms with Crippen LogP contribution in [0, 0.1) is 0 Å². The molecule has 1 aromatic heterocycles. The number of nitrogens with zero attached hydrogens (tertiary/aromatic N) is 1. The van der Waals surface area contributed by atoms with Gasteiger partial charge in [-0.1, -0.05) is 12.1 Å². The van der Waals surface area contributed by atoms with E-state index in [-0.39, 0.29) is 11.3 Å². The van der Waals surface area contributed by atoms with E-state index in [0.29, 0.717) is 5.56 Å². The Labute approximate surface area is 111 Å². The fraction of sp³-hybridized carbons (Fsp3) is 0.0769. The number of carbonyl (C=O) groups is 1. The van der Waals surface area contributed by atoms with Gasteiger partial charge in [0.15, 0.2) is 0 Å². The van der Waals surface area contributed by atoms with Crippen molar-refractivity contribution < 1.29 is 27.8 Å². The summed E-state index contributed by atoms with van der Waals surface area (Å²) in [6, 6.07) is 7.74. The third kappa shape index (κ3) is 3.47. The van der Waals surface area contributed by atoms with Crippen molar-refractivity contribution in [1.82, 2.24) is 4.98 Å². The number of aromatic carboxylic acids is 1. The van der Waals surface area contributed by atoms with Gasteiger partial charge in [0.2, 0.25) is 0 Å². The zero-order valence-corrected chi connectivity index (χ0v) is 9.89. The van der Waals surface area contributed by atoms with Crippen LogP contribution in [-0.2, 0) is 0 Å². The zero-order chi connectivity index (χ0) is 14.8. The minimum absolute atomic E-state index is 0.00265. The lowest BCUT2D eigenvalue weighted by atomic mass is 10.1. The Kier molecular flexibility index (Phi) is 3.60. The number of hydrogen-bond donors (Lipinski definition) is 1. The van der Waals surface area contributed by atoms with Crippen LogP contribution in [0.25, 0.3) is 11.3 Å². The summed E-state index contributed by atoms with van der Waals surface area (Å²) < 4.78 is 40.2. The molecule has 0 amide bonds. The number of carboxylic acid groups (broad SMARTS) is 1. The van der Waals surface area contributed by atoms with Gasteiger partial charge in [-0.25, -0.2) is 4.79 Å². The van der Waals surface area contributed by atoms with Gasteiger partial charge in [0.1, 0.15) is 5.75 Å². The first-order valence-electron chi connectivity index (χ1n) is 5.41. The van der Waals surface area contributed by atoms with Crippen molar-refractivity contribution in [3.05, 3.63) is 48.2 Å². The molecule has 0 atom stereocenters. The number of carboxylic acids is 1. The van der Waals surface area contributed by atoms with Gasteiger partial charge < -0.3 is 9.84 Å². The third-order valence-electron chi connectivity index (χ3n) is 2.37. The fourth-order valence-electron chi connectivity index (χ4n) is 1.57. The number of pyridine rings is 1. The summed E-state index contributed by atoms with van der Waals surface area (Å²) in [5.41, 5.74) is 0.574. The van der Waals surface area contributed by atoms with Crippen LogP contribution in [0.4, 0.5) is 13.2 Å². The molecule has 0 unspecified atom stereocenters. The molecule has 0 fully saturated rings. The van der Waals surface area contributed by atoms with Crippen molar-refractivity contribution in [2.75, 3.05) is 0 Å². The topological polar surface area (TPSA) is 59.4 Å². The molecule has 1 heterocycles. The number of halogens is 3. The molecule has 1 N–H and O–H groups in total. The van der Waals surface area contributed by atoms with Crippen molar-refractivity contribution in [3.63, 3.8) is 0 Å². The van der Waals surface area contributed by atoms with Crippen molar-refractivity contribution in [2.24, 2.45) is 0 Å². The predicted molar refractivity (Wildman–Crippen MR) is 63.3 cm³/mol. The molecular weight excluding hydrogens is 275 g/mol. The van der Waals surface area contributed by atoms with E-state index in [0.717, 1.165) is 12.1 Å². The van der Waals surface area contributed by atoms with Crippen LogP contribution in [0.15, 0.2) is 42.6 Å². The molecule has 2 rings (SSSR count). The molecule has 0 bridgehead atoms. The molecule has 104 valence electrons. The first-order chi connectivity index (χ1) is 9.35. The molecule has 0 saturated heterocycles. The van der Waals surface area contributed by atoms with Gasteiger partial charge in [-0.15, -0.1) is 13.2 Å². The summed E-state index contributed by atoms with van der Waals surface area (Å²) in [7, 11) is 0. The van der Waals surface area contributed by atoms with Crippen molar-refractivity contribution in [2.45, 2.75) is 6.36 Å². The van der Waals surface area contributed by atoms with Crippen LogP contribution in [0.1, 0.15) is 10.4 Å². The van der Waals surface area contributed by atoms with E-state index in [1.165, 1.54) is 30.5 Å². The molecule has 2 aromatic rings. The maximum Gasteiger partial charge on any atom is 0.573 e. The molecule has 4 nitrogen and oxygen atoms in total. The average Bonchev–Trinajstić information content (AvgIpc) is 2.37. The van der Waals surface area contributed by atoms with Crippen molar-refractivity contribution >= 4 is 5.97 Å². The molecule has 0 radical (unpaired) electrons. The highest BCUT2D eigenvalue weighted by Gasteiger charge is 2.31. The van der Waals surface area contributed by atoms with Gasteiger partial charge in [0, 0.05) is 11.8 Å². The van der Waals surface area contributed by atoms with Crippen molar-refractivity contribution in [1.29, 1.82) is 0 Å². The molecule has 20 heavy (non-hydrogen) atoms. The zero-order valence-electron chi connectivity index (χ0n) is 9.89. The van der Waals surface area contributed by atoms with Crippen molar-refractivity contribution in [3.8, 4) is 17.0 Å². The second-order valence-corrected chi connectivity index (χ2v) is 3.81. The van der Waals surface area contributed by atoms with Gasteiger partial charge in [0.05, 0.1) is 11.3 Å². The van der Waals surface area contributed by atoms with Crippen LogP contribution in [0.2, 0.25) is 0 Å². The maximum absolute atomic E-state index is 12.1. The molecule has 0 aliphatic heterocycles. The lowest BCUT2D eigenvalue weighted by Gasteiger charge is -2.10. The quantitative estimate of drug-likeness (QED) is 0.938. The number of ether oxygens (including phenoxy) is 1. The van der Waals surface area contributed by atoms with Crippen LogP contribution in [0.3, 0.4) is 0 Å². The highest BCUT2D eigenvalue weighted by Crippen LogP contribution is 2.27. The molecule has 0 aliphatic carbocycles. The van der Waals surface area contributed by atoms with E-state index in [9.17, 15) is 18.0 Å². The summed E-state index contributed by atoms with van der Waals surface area (Å²) in [5.74, 6) is -1.53. The van der Waals surface area contributed by atoms with Crippen LogP contribution >= 0.6 is 0 Å². The fourth-order valence-corrected chi connectivity index (χ4v) is 1.57. The molecular formula is C13H8F3NO3. The standard InChI is InChI=1S/C13H8F3NO3/c14-13(15,16)20-10-3-1-2-8(6-10)11-7-9(12(18)19)4-5-17-11/h1-7H,(H,18,19). The van der Waals surface area contributed by atoms with E-state index in [4.69, 9.17) is 5.11 Å². The first kappa shape index (κ1) is 13.9. The predicted octanol–water partition coefficient (Wildman–Crippen LogP) is 3.35. The van der Waals surface area contributed by atoms with Crippen LogP contribution in [-0.4, -0.2) is 22.4 Å². The first-order valence-corrected chi connectivity index (χ1v) is 5.41. The molecule has 7 heteroatoms. The van der Waals surface area contributed by atoms with Crippen LogP contribution in [0.5, 0.6) is 5.75 Å². The van der Waals surface area contributed by atoms with E-state index < -0.39 is 18.1 Å². The van der Waals surface area contributed by atoms with Crippen LogP contribution < -0.4 is 4.74 Å². The average molecular weight is 283 g/mol. The molecule has 0 spiro atoms. The minimum atomic E-state index is -4.78. The molecule has 0 saturated carbocycles. The Balaban J connectivity index is 2.36. The highest BCUT2D eigenvalue weighted by atomic mass is 19.4. The Morgan fingerprint density at radius 1 is 1.20 bits per heavy atom. The summed E-state index contributed by atoms with van der Waals surface area (Å²) >= 11 is 0. The Bertz CT molecular complexity index is 641. The molecule has 1 aromatic carbocycles. The normalized spacial score (nSPS) is 11.2. The summed E-state index contributed by atoms with van der Waals surface area (Å²) in [5, 5.41) is 8.86. The minimum Gasteiger partial charge on any atom is -0.478 e. The Morgan fingerprint density at radius 2 is 1.95 bits per heavy atom. The Hall–Kier alpha value is -2.57. The number of alkyl halides is 3. The summed E-state index contributed by atoms with van der Waals surface area (Å²) in [4.78, 5) is 14.8. The van der Waals surface area contributed by atoms with Gasteiger partial charge >= 0.3 is 12.3 Å². The molecule has 0 aliphatic rings. The smallest absolute Gasteiger partial charge is 0.478 e. The summed E-state index contributed by atoms with van der Waals surface area (Å²) in [6.45, 7) is 0. The van der Waals surface area contributed by atoms with E-state index in [1.54, 1.807) is 0 Å². The SMILES string of the molecule is O=C(O)c1ccnc(-c2cccc(OC(F)(F)F)c2)c1. The monoisotopic (exact) mass is 283 g/mol. The van der Waals surface area contributed by atoms with Gasteiger partial charge in [-0.3, -0.25) is 4.98 Å². The Morgan fingerprint density at radius 3 is 2.60 bits per heavy atom. The summed E-state index contributed by atoms with van der Waals surface area (Å²) in [6.07, 6.45) is -3.51. The van der Waals surface area contributed by atoms with E-state index >= 15 is 0 Å². The number of aromatic nitrogens is 1. The van der Waals surface area contributed by atoms with Gasteiger partial charge in [-0.05, 0) is 24.3 Å². The number of rotatable bonds is 3. The third-order valence-corrected chi connectivity index (χ3v) is 2.37. The van der Waals surface area contributed by atoms with Gasteiger partial charge in [-0.2, -0.15) is 0 Å². The number of benzene rings is 1. The second-order valence-electron chi connectivity index (χ2n) is 3.81. The largest absolute Gasteiger partial charge is 0.573 e. The lowest BCUT2D eigenvalue weighted by molar-refractivity contribution is -0.274. The second kappa shape index (κ2) is 5.20. The number of hydrogen-bond acceptors (Lipinski definition) is 3. The highest BCUT2D eigenvalue weighted by molar-refractivity contribution is 5.88. The lowest BCUT2D eigenvalue weighted by Crippen LogP contribution is -2.17.